The molecule has 1 aromatic heterocycles. The second-order valence-corrected chi connectivity index (χ2v) is 14.3. The summed E-state index contributed by atoms with van der Waals surface area (Å²) in [5, 5.41) is 11.1. The van der Waals surface area contributed by atoms with Gasteiger partial charge in [-0.05, 0) is 75.1 Å². The molecule has 8 heteroatoms. The highest BCUT2D eigenvalue weighted by molar-refractivity contribution is 5.94. The van der Waals surface area contributed by atoms with Crippen molar-refractivity contribution in [2.75, 3.05) is 13.7 Å². The number of aromatic nitrogens is 2. The van der Waals surface area contributed by atoms with Gasteiger partial charge in [0.2, 0.25) is 5.91 Å². The Morgan fingerprint density at radius 3 is 2.19 bits per heavy atom. The molecule has 1 heterocycles. The molecule has 3 aromatic rings. The number of nitrogens with zero attached hydrogens (tertiary/aromatic N) is 2. The van der Waals surface area contributed by atoms with E-state index < -0.39 is 0 Å². The van der Waals surface area contributed by atoms with Crippen molar-refractivity contribution in [1.82, 2.24) is 20.4 Å². The predicted molar refractivity (Wildman–Crippen MR) is 227 cm³/mol. The Balaban J connectivity index is 0.00000131. The van der Waals surface area contributed by atoms with Gasteiger partial charge >= 0.3 is 0 Å². The second-order valence-electron chi connectivity index (χ2n) is 14.3. The molecule has 0 bridgehead atoms. The van der Waals surface area contributed by atoms with Gasteiger partial charge in [-0.3, -0.25) is 14.3 Å². The maximum absolute atomic E-state index is 13.8. The smallest absolute Gasteiger partial charge is 0.272 e. The Bertz CT molecular complexity index is 1460. The van der Waals surface area contributed by atoms with Crippen LogP contribution in [0.15, 0.2) is 66.7 Å². The summed E-state index contributed by atoms with van der Waals surface area (Å²) in [5.41, 5.74) is 2.97. The van der Waals surface area contributed by atoms with Gasteiger partial charge in [0.25, 0.3) is 5.91 Å². The van der Waals surface area contributed by atoms with Crippen LogP contribution in [0.25, 0.3) is 11.3 Å². The van der Waals surface area contributed by atoms with Crippen LogP contribution in [0.4, 0.5) is 0 Å². The van der Waals surface area contributed by atoms with Crippen molar-refractivity contribution in [3.63, 3.8) is 0 Å². The first-order valence-corrected chi connectivity index (χ1v) is 20.7. The van der Waals surface area contributed by atoms with E-state index in [0.29, 0.717) is 48.6 Å². The van der Waals surface area contributed by atoms with Gasteiger partial charge in [-0.15, -0.1) is 0 Å². The number of carbonyl (C=O) groups excluding carboxylic acids is 2. The summed E-state index contributed by atoms with van der Waals surface area (Å²) in [7, 11) is 1.65. The monoisotopic (exact) mass is 747 g/mol. The van der Waals surface area contributed by atoms with Crippen molar-refractivity contribution in [1.29, 1.82) is 0 Å². The lowest BCUT2D eigenvalue weighted by atomic mass is 9.87. The first-order valence-electron chi connectivity index (χ1n) is 20.7. The SMILES string of the molecule is C/C=C\C.CC.CCCC.CCCCNC(=O)CC(CC(C)C)NC(=O)c1cc(-c2c(OC)cccc2OCc2ccccc2)n(C2CCCC(C)C2)n1. The number of carbonyl (C=O) groups is 2. The van der Waals surface area contributed by atoms with Gasteiger partial charge in [0.15, 0.2) is 5.69 Å². The third kappa shape index (κ3) is 17.4. The average molecular weight is 747 g/mol. The van der Waals surface area contributed by atoms with Crippen molar-refractivity contribution in [2.45, 2.75) is 152 Å². The second kappa shape index (κ2) is 28.4. The van der Waals surface area contributed by atoms with Crippen molar-refractivity contribution in [3.8, 4) is 22.8 Å². The predicted octanol–water partition coefficient (Wildman–Crippen LogP) is 11.8. The first-order chi connectivity index (χ1) is 26.1. The molecule has 3 unspecified atom stereocenters. The molecule has 3 atom stereocenters. The fourth-order valence-corrected chi connectivity index (χ4v) is 6.11. The summed E-state index contributed by atoms with van der Waals surface area (Å²) in [6.45, 7) is 22.0. The van der Waals surface area contributed by atoms with Crippen molar-refractivity contribution >= 4 is 11.8 Å². The number of unbranched alkanes of at least 4 members (excludes halogenated alkanes) is 2. The topological polar surface area (TPSA) is 94.5 Å². The van der Waals surface area contributed by atoms with Crippen molar-refractivity contribution in [2.24, 2.45) is 11.8 Å². The number of benzene rings is 2. The molecule has 0 spiro atoms. The van der Waals surface area contributed by atoms with Crippen LogP contribution in [-0.4, -0.2) is 41.3 Å². The lowest BCUT2D eigenvalue weighted by molar-refractivity contribution is -0.121. The minimum absolute atomic E-state index is 0.0407. The molecule has 2 aromatic carbocycles. The van der Waals surface area contributed by atoms with E-state index in [0.717, 1.165) is 48.9 Å². The molecule has 302 valence electrons. The highest BCUT2D eigenvalue weighted by Gasteiger charge is 2.29. The van der Waals surface area contributed by atoms with E-state index in [1.54, 1.807) is 7.11 Å². The molecule has 1 fully saturated rings. The molecule has 8 nitrogen and oxygen atoms in total. The van der Waals surface area contributed by atoms with Crippen LogP contribution in [0.5, 0.6) is 11.5 Å². The van der Waals surface area contributed by atoms with Crippen LogP contribution in [-0.2, 0) is 11.4 Å². The van der Waals surface area contributed by atoms with Gasteiger partial charge in [0.1, 0.15) is 18.1 Å². The number of rotatable bonds is 16. The van der Waals surface area contributed by atoms with Crippen LogP contribution >= 0.6 is 0 Å². The molecule has 0 saturated heterocycles. The van der Waals surface area contributed by atoms with E-state index in [2.05, 4.69) is 52.2 Å². The molecular formula is C46H74N4O4. The quantitative estimate of drug-likeness (QED) is 0.112. The van der Waals surface area contributed by atoms with E-state index in [9.17, 15) is 9.59 Å². The molecule has 2 amide bonds. The molecule has 1 aliphatic carbocycles. The van der Waals surface area contributed by atoms with Crippen LogP contribution in [0.2, 0.25) is 0 Å². The fraction of sp³-hybridized carbons (Fsp3) is 0.587. The van der Waals surface area contributed by atoms with Gasteiger partial charge in [0, 0.05) is 19.0 Å². The Labute approximate surface area is 328 Å². The number of allylic oxidation sites excluding steroid dienone is 2. The van der Waals surface area contributed by atoms with Gasteiger partial charge in [0.05, 0.1) is 24.4 Å². The van der Waals surface area contributed by atoms with Crippen LogP contribution in [0.1, 0.15) is 156 Å². The van der Waals surface area contributed by atoms with Gasteiger partial charge in [-0.25, -0.2) is 0 Å². The number of hydrogen-bond acceptors (Lipinski definition) is 5. The van der Waals surface area contributed by atoms with Gasteiger partial charge in [-0.1, -0.05) is 136 Å². The summed E-state index contributed by atoms with van der Waals surface area (Å²) in [5.74, 6) is 1.90. The van der Waals surface area contributed by atoms with E-state index in [1.165, 1.54) is 19.3 Å². The minimum atomic E-state index is -0.288. The summed E-state index contributed by atoms with van der Waals surface area (Å²) < 4.78 is 14.3. The number of amides is 2. The highest BCUT2D eigenvalue weighted by Crippen LogP contribution is 2.42. The zero-order chi connectivity index (χ0) is 40.3. The lowest BCUT2D eigenvalue weighted by Gasteiger charge is -2.29. The van der Waals surface area contributed by atoms with Crippen LogP contribution < -0.4 is 20.1 Å². The van der Waals surface area contributed by atoms with Gasteiger partial charge in [-0.2, -0.15) is 5.10 Å². The Hall–Kier alpha value is -4.07. The van der Waals surface area contributed by atoms with E-state index in [4.69, 9.17) is 14.6 Å². The van der Waals surface area contributed by atoms with E-state index >= 15 is 0 Å². The molecule has 54 heavy (non-hydrogen) atoms. The Morgan fingerprint density at radius 2 is 1.61 bits per heavy atom. The van der Waals surface area contributed by atoms with Crippen molar-refractivity contribution in [3.05, 3.63) is 78.0 Å². The largest absolute Gasteiger partial charge is 0.496 e. The third-order valence-electron chi connectivity index (χ3n) is 9.13. The molecule has 1 saturated carbocycles. The molecule has 2 N–H and O–H groups in total. The summed E-state index contributed by atoms with van der Waals surface area (Å²) in [6.07, 6.45) is 13.8. The molecular weight excluding hydrogens is 673 g/mol. The molecule has 1 aliphatic rings. The van der Waals surface area contributed by atoms with E-state index in [-0.39, 0.29) is 30.3 Å². The van der Waals surface area contributed by atoms with Crippen LogP contribution in [0.3, 0.4) is 0 Å². The van der Waals surface area contributed by atoms with Crippen molar-refractivity contribution < 1.29 is 19.1 Å². The van der Waals surface area contributed by atoms with Crippen LogP contribution in [0, 0.1) is 11.8 Å². The summed E-state index contributed by atoms with van der Waals surface area (Å²) in [6, 6.07) is 17.5. The highest BCUT2D eigenvalue weighted by atomic mass is 16.5. The number of methoxy groups -OCH3 is 1. The first kappa shape index (κ1) is 48.0. The minimum Gasteiger partial charge on any atom is -0.496 e. The van der Waals surface area contributed by atoms with E-state index in [1.807, 2.05) is 99.1 Å². The average Bonchev–Trinajstić information content (AvgIpc) is 3.63. The molecule has 0 aliphatic heterocycles. The van der Waals surface area contributed by atoms with Gasteiger partial charge < -0.3 is 20.1 Å². The zero-order valence-electron chi connectivity index (χ0n) is 35.7. The standard InChI is InChI=1S/C36H50N4O4.C4H10.C4H8.C2H6/c1-6-7-19-37-34(41)22-28(20-25(2)3)38-36(42)30-23-31(40(39-30)29-16-11-13-26(4)21-29)35-32(43-5)17-12-18-33(35)44-24-27-14-9-8-10-15-27;2*1-3-4-2;1-2/h8-10,12,14-15,17-18,23,25-26,28-29H,6-7,11,13,16,19-22,24H2,1-5H3,(H,37,41)(H,38,42);3-4H2,1-2H3;3-4H,1-2H3;1-2H3/b;;4-3-;. The number of hydrogen-bond donors (Lipinski definition) is 2. The maximum atomic E-state index is 13.8. The molecule has 0 radical (unpaired) electrons. The Kier molecular flexibility index (Phi) is 25.2. The summed E-state index contributed by atoms with van der Waals surface area (Å²) in [4.78, 5) is 26.5. The normalized spacial score (nSPS) is 15.4. The fourth-order valence-electron chi connectivity index (χ4n) is 6.11. The lowest BCUT2D eigenvalue weighted by Crippen LogP contribution is -2.40. The summed E-state index contributed by atoms with van der Waals surface area (Å²) >= 11 is 0. The number of ether oxygens (including phenoxy) is 2. The zero-order valence-corrected chi connectivity index (χ0v) is 35.7. The third-order valence-corrected chi connectivity index (χ3v) is 9.13. The Morgan fingerprint density at radius 1 is 0.944 bits per heavy atom. The molecule has 4 rings (SSSR count). The number of nitrogens with one attached hydrogen (secondary N) is 2. The maximum Gasteiger partial charge on any atom is 0.272 e.